The average molecular weight is 227 g/mol. The average Bonchev–Trinajstić information content (AvgIpc) is 2.30. The molecule has 1 aromatic carbocycles. The first-order valence-corrected chi connectivity index (χ1v) is 6.17. The summed E-state index contributed by atoms with van der Waals surface area (Å²) in [4.78, 5) is 11.7. The Bertz CT molecular complexity index is 479. The van der Waals surface area contributed by atoms with Crippen LogP contribution in [0, 0.1) is 11.8 Å². The Labute approximate surface area is 102 Å². The summed E-state index contributed by atoms with van der Waals surface area (Å²) in [6.45, 7) is 2.60. The summed E-state index contributed by atoms with van der Waals surface area (Å²) < 4.78 is 0. The normalized spacial score (nSPS) is 13.7. The van der Waals surface area contributed by atoms with Gasteiger partial charge < -0.3 is 5.32 Å². The van der Waals surface area contributed by atoms with Crippen molar-refractivity contribution in [1.29, 1.82) is 0 Å². The predicted octanol–water partition coefficient (Wildman–Crippen LogP) is 2.32. The maximum absolute atomic E-state index is 11.7. The molecule has 0 aliphatic heterocycles. The quantitative estimate of drug-likeness (QED) is 0.772. The number of benzene rings is 1. The molecule has 1 aliphatic carbocycles. The van der Waals surface area contributed by atoms with Crippen molar-refractivity contribution in [1.82, 2.24) is 5.32 Å². The molecule has 17 heavy (non-hydrogen) atoms. The number of amides is 1. The van der Waals surface area contributed by atoms with E-state index in [1.54, 1.807) is 0 Å². The second kappa shape index (κ2) is 5.54. The van der Waals surface area contributed by atoms with Gasteiger partial charge in [-0.05, 0) is 43.0 Å². The predicted molar refractivity (Wildman–Crippen MR) is 68.9 cm³/mol. The van der Waals surface area contributed by atoms with Crippen molar-refractivity contribution < 1.29 is 4.79 Å². The summed E-state index contributed by atoms with van der Waals surface area (Å²) in [5.41, 5.74) is 3.38. The molecule has 0 aromatic heterocycles. The van der Waals surface area contributed by atoms with Crippen molar-refractivity contribution in [3.63, 3.8) is 0 Å². The van der Waals surface area contributed by atoms with E-state index in [1.165, 1.54) is 11.1 Å². The first kappa shape index (κ1) is 11.7. The zero-order chi connectivity index (χ0) is 12.1. The van der Waals surface area contributed by atoms with Gasteiger partial charge >= 0.3 is 0 Å². The standard InChI is InChI=1S/C15H17NO/c1-2-16-15(17)14-10-9-12-7-5-3-4-6-8-13(12)11-14/h9-11H,2,5-8H2,1H3,(H,16,17). The molecule has 2 rings (SSSR count). The molecule has 2 nitrogen and oxygen atoms in total. The van der Waals surface area contributed by atoms with Gasteiger partial charge in [-0.15, -0.1) is 11.8 Å². The van der Waals surface area contributed by atoms with Crippen LogP contribution in [0.2, 0.25) is 0 Å². The van der Waals surface area contributed by atoms with Crippen LogP contribution in [-0.2, 0) is 12.8 Å². The number of hydrogen-bond acceptors (Lipinski definition) is 1. The van der Waals surface area contributed by atoms with Gasteiger partial charge in [0.2, 0.25) is 0 Å². The Morgan fingerprint density at radius 3 is 2.65 bits per heavy atom. The van der Waals surface area contributed by atoms with Crippen LogP contribution in [0.5, 0.6) is 0 Å². The molecule has 2 heteroatoms. The van der Waals surface area contributed by atoms with Crippen LogP contribution >= 0.6 is 0 Å². The van der Waals surface area contributed by atoms with E-state index in [-0.39, 0.29) is 5.91 Å². The van der Waals surface area contributed by atoms with E-state index >= 15 is 0 Å². The zero-order valence-corrected chi connectivity index (χ0v) is 10.2. The molecule has 1 aromatic rings. The second-order valence-corrected chi connectivity index (χ2v) is 4.20. The van der Waals surface area contributed by atoms with Crippen LogP contribution in [0.25, 0.3) is 0 Å². The van der Waals surface area contributed by atoms with Crippen LogP contribution in [0.1, 0.15) is 41.3 Å². The molecule has 0 saturated heterocycles. The number of fused-ring (bicyclic) bond motifs is 1. The molecule has 0 unspecified atom stereocenters. The third-order valence-corrected chi connectivity index (χ3v) is 2.97. The lowest BCUT2D eigenvalue weighted by molar-refractivity contribution is 0.0955. The molecular formula is C15H17NO. The van der Waals surface area contributed by atoms with E-state index in [0.717, 1.165) is 31.2 Å². The van der Waals surface area contributed by atoms with Gasteiger partial charge in [-0.2, -0.15) is 0 Å². The van der Waals surface area contributed by atoms with Crippen LogP contribution in [0.15, 0.2) is 18.2 Å². The van der Waals surface area contributed by atoms with Crippen molar-refractivity contribution in [2.75, 3.05) is 6.54 Å². The fourth-order valence-corrected chi connectivity index (χ4v) is 2.08. The minimum Gasteiger partial charge on any atom is -0.352 e. The molecule has 0 heterocycles. The zero-order valence-electron chi connectivity index (χ0n) is 10.2. The third kappa shape index (κ3) is 2.88. The van der Waals surface area contributed by atoms with E-state index in [9.17, 15) is 4.79 Å². The Morgan fingerprint density at radius 1 is 1.24 bits per heavy atom. The van der Waals surface area contributed by atoms with Gasteiger partial charge in [-0.25, -0.2) is 0 Å². The highest BCUT2D eigenvalue weighted by molar-refractivity contribution is 5.94. The summed E-state index contributed by atoms with van der Waals surface area (Å²) in [5, 5.41) is 2.83. The van der Waals surface area contributed by atoms with Gasteiger partial charge in [0.15, 0.2) is 0 Å². The van der Waals surface area contributed by atoms with Crippen molar-refractivity contribution in [3.8, 4) is 11.8 Å². The summed E-state index contributed by atoms with van der Waals surface area (Å²) in [7, 11) is 0. The maximum Gasteiger partial charge on any atom is 0.251 e. The number of carbonyl (C=O) groups excluding carboxylic acids is 1. The van der Waals surface area contributed by atoms with Gasteiger partial charge in [0, 0.05) is 24.9 Å². The van der Waals surface area contributed by atoms with E-state index in [1.807, 2.05) is 19.1 Å². The monoisotopic (exact) mass is 227 g/mol. The van der Waals surface area contributed by atoms with Crippen molar-refractivity contribution >= 4 is 5.91 Å². The van der Waals surface area contributed by atoms with E-state index < -0.39 is 0 Å². The Morgan fingerprint density at radius 2 is 1.94 bits per heavy atom. The molecule has 0 bridgehead atoms. The lowest BCUT2D eigenvalue weighted by atomic mass is 9.95. The molecule has 0 atom stereocenters. The minimum absolute atomic E-state index is 0.0171. The fraction of sp³-hybridized carbons (Fsp3) is 0.400. The molecule has 0 saturated carbocycles. The fourth-order valence-electron chi connectivity index (χ4n) is 2.08. The first-order chi connectivity index (χ1) is 8.31. The number of nitrogens with one attached hydrogen (secondary N) is 1. The topological polar surface area (TPSA) is 29.1 Å². The molecule has 0 fully saturated rings. The number of hydrogen-bond donors (Lipinski definition) is 1. The number of rotatable bonds is 2. The Hall–Kier alpha value is -1.75. The third-order valence-electron chi connectivity index (χ3n) is 2.97. The molecule has 0 spiro atoms. The van der Waals surface area contributed by atoms with Crippen LogP contribution in [0.3, 0.4) is 0 Å². The number of aryl methyl sites for hydroxylation is 2. The van der Waals surface area contributed by atoms with Gasteiger partial charge in [0.1, 0.15) is 0 Å². The SMILES string of the molecule is CCNC(=O)c1ccc2c(c1)CCC#CCC2. The smallest absolute Gasteiger partial charge is 0.251 e. The summed E-state index contributed by atoms with van der Waals surface area (Å²) in [6, 6.07) is 6.01. The molecule has 1 aliphatic rings. The van der Waals surface area contributed by atoms with Crippen molar-refractivity contribution in [2.45, 2.75) is 32.6 Å². The molecule has 0 radical (unpaired) electrons. The van der Waals surface area contributed by atoms with Gasteiger partial charge in [0.05, 0.1) is 0 Å². The van der Waals surface area contributed by atoms with Gasteiger partial charge in [-0.1, -0.05) is 6.07 Å². The molecular weight excluding hydrogens is 210 g/mol. The second-order valence-electron chi connectivity index (χ2n) is 4.20. The summed E-state index contributed by atoms with van der Waals surface area (Å²) in [5.74, 6) is 6.33. The van der Waals surface area contributed by atoms with Crippen LogP contribution < -0.4 is 5.32 Å². The highest BCUT2D eigenvalue weighted by Gasteiger charge is 2.09. The van der Waals surface area contributed by atoms with E-state index in [2.05, 4.69) is 23.2 Å². The minimum atomic E-state index is 0.0171. The highest BCUT2D eigenvalue weighted by atomic mass is 16.1. The molecule has 88 valence electrons. The lowest BCUT2D eigenvalue weighted by Gasteiger charge is -2.11. The van der Waals surface area contributed by atoms with Crippen molar-refractivity contribution in [3.05, 3.63) is 34.9 Å². The summed E-state index contributed by atoms with van der Waals surface area (Å²) in [6.07, 6.45) is 3.77. The highest BCUT2D eigenvalue weighted by Crippen LogP contribution is 2.17. The largest absolute Gasteiger partial charge is 0.352 e. The number of carbonyl (C=O) groups is 1. The van der Waals surface area contributed by atoms with E-state index in [0.29, 0.717) is 6.54 Å². The van der Waals surface area contributed by atoms with Crippen LogP contribution in [-0.4, -0.2) is 12.5 Å². The maximum atomic E-state index is 11.7. The van der Waals surface area contributed by atoms with Gasteiger partial charge in [0.25, 0.3) is 5.91 Å². The molecule has 1 amide bonds. The van der Waals surface area contributed by atoms with Crippen molar-refractivity contribution in [2.24, 2.45) is 0 Å². The first-order valence-electron chi connectivity index (χ1n) is 6.17. The summed E-state index contributed by atoms with van der Waals surface area (Å²) >= 11 is 0. The van der Waals surface area contributed by atoms with Gasteiger partial charge in [-0.3, -0.25) is 4.79 Å². The Kier molecular flexibility index (Phi) is 3.82. The van der Waals surface area contributed by atoms with E-state index in [4.69, 9.17) is 0 Å². The van der Waals surface area contributed by atoms with Crippen LogP contribution in [0.4, 0.5) is 0 Å². The molecule has 1 N–H and O–H groups in total. The Balaban J connectivity index is 2.25. The lowest BCUT2D eigenvalue weighted by Crippen LogP contribution is -2.22.